The molecule has 0 aliphatic carbocycles. The van der Waals surface area contributed by atoms with Crippen LogP contribution in [0.1, 0.15) is 18.5 Å². The molecule has 0 aliphatic rings. The number of rotatable bonds is 2. The molecular formula is C10H11N3. The first-order valence-corrected chi connectivity index (χ1v) is 4.25. The van der Waals surface area contributed by atoms with Crippen LogP contribution in [0.2, 0.25) is 0 Å². The van der Waals surface area contributed by atoms with Gasteiger partial charge in [0, 0.05) is 24.8 Å². The molecule has 13 heavy (non-hydrogen) atoms. The molecule has 0 saturated carbocycles. The van der Waals surface area contributed by atoms with Crippen LogP contribution in [0.5, 0.6) is 0 Å². The third-order valence-corrected chi connectivity index (χ3v) is 2.16. The van der Waals surface area contributed by atoms with Crippen LogP contribution < -0.4 is 0 Å². The van der Waals surface area contributed by atoms with Gasteiger partial charge in [0.15, 0.2) is 0 Å². The Kier molecular flexibility index (Phi) is 2.08. The average molecular weight is 173 g/mol. The van der Waals surface area contributed by atoms with Gasteiger partial charge in [0.1, 0.15) is 0 Å². The second-order valence-corrected chi connectivity index (χ2v) is 2.97. The number of aromatic nitrogens is 3. The Balaban J connectivity index is 2.29. The van der Waals surface area contributed by atoms with Crippen molar-refractivity contribution in [3.63, 3.8) is 0 Å². The van der Waals surface area contributed by atoms with E-state index in [4.69, 9.17) is 0 Å². The van der Waals surface area contributed by atoms with E-state index in [1.165, 1.54) is 5.56 Å². The molecule has 1 unspecified atom stereocenters. The van der Waals surface area contributed by atoms with Crippen molar-refractivity contribution in [2.24, 2.45) is 0 Å². The smallest absolute Gasteiger partial charge is 0.0951 e. The summed E-state index contributed by atoms with van der Waals surface area (Å²) in [7, 11) is 0. The van der Waals surface area contributed by atoms with E-state index >= 15 is 0 Å². The summed E-state index contributed by atoms with van der Waals surface area (Å²) in [6, 6.07) is 4.36. The average Bonchev–Trinajstić information content (AvgIpc) is 2.71. The zero-order valence-corrected chi connectivity index (χ0v) is 7.46. The zero-order valence-electron chi connectivity index (χ0n) is 7.46. The molecule has 2 aromatic heterocycles. The fraction of sp³-hybridized carbons (Fsp3) is 0.200. The van der Waals surface area contributed by atoms with Gasteiger partial charge in [-0.1, -0.05) is 0 Å². The van der Waals surface area contributed by atoms with Gasteiger partial charge in [0.05, 0.1) is 12.4 Å². The van der Waals surface area contributed by atoms with Crippen LogP contribution in [0, 0.1) is 0 Å². The Hall–Kier alpha value is -1.64. The van der Waals surface area contributed by atoms with E-state index in [1.54, 1.807) is 6.20 Å². The van der Waals surface area contributed by atoms with Crippen LogP contribution in [-0.2, 0) is 0 Å². The van der Waals surface area contributed by atoms with Crippen LogP contribution in [-0.4, -0.2) is 14.5 Å². The van der Waals surface area contributed by atoms with E-state index < -0.39 is 0 Å². The minimum atomic E-state index is 0.325. The predicted octanol–water partition coefficient (Wildman–Crippen LogP) is 1.89. The minimum Gasteiger partial charge on any atom is -0.330 e. The normalized spacial score (nSPS) is 12.7. The van der Waals surface area contributed by atoms with Crippen LogP contribution in [0.3, 0.4) is 0 Å². The number of hydrogen-bond acceptors (Lipinski definition) is 2. The molecule has 0 fully saturated rings. The van der Waals surface area contributed by atoms with Gasteiger partial charge in [-0.25, -0.2) is 4.98 Å². The number of imidazole rings is 1. The molecular weight excluding hydrogens is 162 g/mol. The highest BCUT2D eigenvalue weighted by molar-refractivity contribution is 5.15. The number of hydrogen-bond donors (Lipinski definition) is 0. The molecule has 66 valence electrons. The molecule has 0 amide bonds. The van der Waals surface area contributed by atoms with Crippen molar-refractivity contribution in [2.75, 3.05) is 0 Å². The van der Waals surface area contributed by atoms with E-state index in [1.807, 2.05) is 37.1 Å². The Bertz CT molecular complexity index is 353. The molecule has 0 N–H and O–H groups in total. The quantitative estimate of drug-likeness (QED) is 0.694. The fourth-order valence-corrected chi connectivity index (χ4v) is 1.31. The van der Waals surface area contributed by atoms with Crippen molar-refractivity contribution in [3.8, 4) is 0 Å². The van der Waals surface area contributed by atoms with Crippen molar-refractivity contribution in [2.45, 2.75) is 13.0 Å². The van der Waals surface area contributed by atoms with Gasteiger partial charge in [0.25, 0.3) is 0 Å². The summed E-state index contributed by atoms with van der Waals surface area (Å²) in [4.78, 5) is 8.00. The maximum atomic E-state index is 4.02. The molecule has 3 nitrogen and oxygen atoms in total. The Morgan fingerprint density at radius 3 is 2.54 bits per heavy atom. The first-order valence-electron chi connectivity index (χ1n) is 4.25. The molecule has 0 saturated heterocycles. The molecule has 2 heterocycles. The third kappa shape index (κ3) is 1.59. The molecule has 0 spiro atoms. The summed E-state index contributed by atoms with van der Waals surface area (Å²) in [5.41, 5.74) is 1.24. The van der Waals surface area contributed by atoms with Gasteiger partial charge in [-0.05, 0) is 24.6 Å². The molecule has 2 rings (SSSR count). The summed E-state index contributed by atoms with van der Waals surface area (Å²) in [6.45, 7) is 2.14. The topological polar surface area (TPSA) is 30.7 Å². The van der Waals surface area contributed by atoms with Gasteiger partial charge in [-0.15, -0.1) is 0 Å². The molecule has 0 bridgehead atoms. The van der Waals surface area contributed by atoms with Crippen molar-refractivity contribution in [1.82, 2.24) is 14.5 Å². The van der Waals surface area contributed by atoms with Gasteiger partial charge in [0.2, 0.25) is 0 Å². The largest absolute Gasteiger partial charge is 0.330 e. The summed E-state index contributed by atoms with van der Waals surface area (Å²) in [6.07, 6.45) is 9.19. The zero-order chi connectivity index (χ0) is 9.10. The second kappa shape index (κ2) is 3.39. The number of nitrogens with zero attached hydrogens (tertiary/aromatic N) is 3. The Morgan fingerprint density at radius 1 is 1.15 bits per heavy atom. The van der Waals surface area contributed by atoms with Crippen molar-refractivity contribution in [1.29, 1.82) is 0 Å². The highest BCUT2D eigenvalue weighted by atomic mass is 15.0. The van der Waals surface area contributed by atoms with E-state index in [-0.39, 0.29) is 0 Å². The third-order valence-electron chi connectivity index (χ3n) is 2.16. The second-order valence-electron chi connectivity index (χ2n) is 2.97. The van der Waals surface area contributed by atoms with E-state index in [9.17, 15) is 0 Å². The highest BCUT2D eigenvalue weighted by Crippen LogP contribution is 2.15. The lowest BCUT2D eigenvalue weighted by Gasteiger charge is -2.12. The lowest BCUT2D eigenvalue weighted by molar-refractivity contribution is 0.637. The lowest BCUT2D eigenvalue weighted by Crippen LogP contribution is -2.03. The van der Waals surface area contributed by atoms with E-state index in [0.717, 1.165) is 0 Å². The maximum Gasteiger partial charge on any atom is 0.0951 e. The molecule has 0 radical (unpaired) electrons. The highest BCUT2D eigenvalue weighted by Gasteiger charge is 2.04. The number of pyridine rings is 1. The van der Waals surface area contributed by atoms with Gasteiger partial charge in [-0.3, -0.25) is 4.98 Å². The monoisotopic (exact) mass is 173 g/mol. The van der Waals surface area contributed by atoms with Crippen LogP contribution in [0.25, 0.3) is 0 Å². The minimum absolute atomic E-state index is 0.325. The summed E-state index contributed by atoms with van der Waals surface area (Å²) in [5, 5.41) is 0. The van der Waals surface area contributed by atoms with Crippen LogP contribution >= 0.6 is 0 Å². The summed E-state index contributed by atoms with van der Waals surface area (Å²) in [5.74, 6) is 0. The summed E-state index contributed by atoms with van der Waals surface area (Å²) >= 11 is 0. The summed E-state index contributed by atoms with van der Waals surface area (Å²) < 4.78 is 2.06. The van der Waals surface area contributed by atoms with Gasteiger partial charge < -0.3 is 4.57 Å². The SMILES string of the molecule is CC(c1ccncc1)n1ccnc1. The Morgan fingerprint density at radius 2 is 1.92 bits per heavy atom. The maximum absolute atomic E-state index is 4.02. The van der Waals surface area contributed by atoms with Crippen LogP contribution in [0.15, 0.2) is 43.2 Å². The molecule has 2 aromatic rings. The van der Waals surface area contributed by atoms with Gasteiger partial charge >= 0.3 is 0 Å². The van der Waals surface area contributed by atoms with Crippen LogP contribution in [0.4, 0.5) is 0 Å². The van der Waals surface area contributed by atoms with Crippen molar-refractivity contribution in [3.05, 3.63) is 48.8 Å². The molecule has 0 aliphatic heterocycles. The first-order chi connectivity index (χ1) is 6.38. The predicted molar refractivity (Wildman–Crippen MR) is 50.3 cm³/mol. The molecule has 3 heteroatoms. The van der Waals surface area contributed by atoms with Crippen molar-refractivity contribution < 1.29 is 0 Å². The molecule has 1 atom stereocenters. The Labute approximate surface area is 77.1 Å². The van der Waals surface area contributed by atoms with E-state index in [2.05, 4.69) is 21.5 Å². The standard InChI is InChI=1S/C10H11N3/c1-9(13-7-6-12-8-13)10-2-4-11-5-3-10/h2-9H,1H3. The molecule has 0 aromatic carbocycles. The van der Waals surface area contributed by atoms with E-state index in [0.29, 0.717) is 6.04 Å². The fourth-order valence-electron chi connectivity index (χ4n) is 1.31. The lowest BCUT2D eigenvalue weighted by atomic mass is 10.1. The van der Waals surface area contributed by atoms with Crippen molar-refractivity contribution >= 4 is 0 Å². The van der Waals surface area contributed by atoms with Gasteiger partial charge in [-0.2, -0.15) is 0 Å². The first kappa shape index (κ1) is 7.98.